The van der Waals surface area contributed by atoms with Crippen LogP contribution in [0.25, 0.3) is 0 Å². The lowest BCUT2D eigenvalue weighted by molar-refractivity contribution is -0.141. The van der Waals surface area contributed by atoms with E-state index >= 15 is 0 Å². The molecule has 4 amide bonds. The SMILES string of the molecule is CC(NC(=O)NC(C(=O)O)C(C)O)C(=O)NNC(=O)C(N)CCO. The number of carbonyl (C=O) groups excluding carboxylic acids is 3. The summed E-state index contributed by atoms with van der Waals surface area (Å²) in [6.07, 6.45) is -1.34. The van der Waals surface area contributed by atoms with Gasteiger partial charge in [0.2, 0.25) is 0 Å². The summed E-state index contributed by atoms with van der Waals surface area (Å²) in [6.45, 7) is 2.17. The normalized spacial score (nSPS) is 15.4. The molecule has 0 aliphatic heterocycles. The van der Waals surface area contributed by atoms with Gasteiger partial charge in [-0.2, -0.15) is 0 Å². The van der Waals surface area contributed by atoms with Gasteiger partial charge in [-0.3, -0.25) is 20.4 Å². The Labute approximate surface area is 137 Å². The first kappa shape index (κ1) is 21.6. The molecule has 0 aliphatic carbocycles. The van der Waals surface area contributed by atoms with Gasteiger partial charge in [0.1, 0.15) is 6.04 Å². The van der Waals surface area contributed by atoms with E-state index in [9.17, 15) is 24.3 Å². The average molecular weight is 349 g/mol. The van der Waals surface area contributed by atoms with Crippen LogP contribution in [0.3, 0.4) is 0 Å². The van der Waals surface area contributed by atoms with E-state index in [1.54, 1.807) is 0 Å². The summed E-state index contributed by atoms with van der Waals surface area (Å²) < 4.78 is 0. The van der Waals surface area contributed by atoms with Gasteiger partial charge in [0.15, 0.2) is 6.04 Å². The van der Waals surface area contributed by atoms with Crippen LogP contribution in [0.1, 0.15) is 20.3 Å². The molecule has 0 heterocycles. The van der Waals surface area contributed by atoms with Crippen molar-refractivity contribution >= 4 is 23.8 Å². The third kappa shape index (κ3) is 7.71. The number of aliphatic hydroxyl groups is 2. The lowest BCUT2D eigenvalue weighted by Crippen LogP contribution is -2.57. The number of hydrogen-bond donors (Lipinski definition) is 8. The predicted octanol–water partition coefficient (Wildman–Crippen LogP) is -3.63. The molecule has 12 nitrogen and oxygen atoms in total. The maximum Gasteiger partial charge on any atom is 0.328 e. The highest BCUT2D eigenvalue weighted by Crippen LogP contribution is 1.93. The van der Waals surface area contributed by atoms with Gasteiger partial charge in [-0.25, -0.2) is 9.59 Å². The van der Waals surface area contributed by atoms with Crippen LogP contribution in [0.4, 0.5) is 4.79 Å². The number of carboxylic acids is 1. The topological polar surface area (TPSA) is 203 Å². The van der Waals surface area contributed by atoms with Gasteiger partial charge >= 0.3 is 12.0 Å². The molecule has 0 spiro atoms. The summed E-state index contributed by atoms with van der Waals surface area (Å²) in [5.74, 6) is -2.96. The quantitative estimate of drug-likeness (QED) is 0.205. The molecule has 12 heteroatoms. The molecule has 0 radical (unpaired) electrons. The highest BCUT2D eigenvalue weighted by atomic mass is 16.4. The van der Waals surface area contributed by atoms with Crippen LogP contribution in [-0.4, -0.2) is 70.0 Å². The van der Waals surface area contributed by atoms with E-state index < -0.39 is 48.0 Å². The fraction of sp³-hybridized carbons (Fsp3) is 0.667. The number of urea groups is 1. The Morgan fingerprint density at radius 2 is 1.58 bits per heavy atom. The maximum atomic E-state index is 11.7. The largest absolute Gasteiger partial charge is 0.480 e. The van der Waals surface area contributed by atoms with Crippen LogP contribution in [0.5, 0.6) is 0 Å². The fourth-order valence-electron chi connectivity index (χ4n) is 1.43. The summed E-state index contributed by atoms with van der Waals surface area (Å²) in [5.41, 5.74) is 9.44. The monoisotopic (exact) mass is 349 g/mol. The first-order chi connectivity index (χ1) is 11.1. The highest BCUT2D eigenvalue weighted by Gasteiger charge is 2.26. The molecule has 0 rings (SSSR count). The second-order valence-corrected chi connectivity index (χ2v) is 4.99. The number of amides is 4. The number of nitrogens with two attached hydrogens (primary N) is 1. The third-order valence-corrected chi connectivity index (χ3v) is 2.86. The van der Waals surface area contributed by atoms with Crippen molar-refractivity contribution in [2.75, 3.05) is 6.61 Å². The Morgan fingerprint density at radius 3 is 2.04 bits per heavy atom. The number of hydrogen-bond acceptors (Lipinski definition) is 7. The van der Waals surface area contributed by atoms with Crippen LogP contribution in [0.15, 0.2) is 0 Å². The first-order valence-corrected chi connectivity index (χ1v) is 7.04. The summed E-state index contributed by atoms with van der Waals surface area (Å²) in [4.78, 5) is 45.5. The van der Waals surface area contributed by atoms with Gasteiger partial charge in [-0.05, 0) is 20.3 Å². The molecule has 0 aromatic carbocycles. The Balaban J connectivity index is 4.37. The first-order valence-electron chi connectivity index (χ1n) is 7.04. The molecule has 9 N–H and O–H groups in total. The number of aliphatic hydroxyl groups excluding tert-OH is 2. The standard InChI is InChI=1S/C12H23N5O7/c1-5(9(20)16-17-10(21)7(13)3-4-18)14-12(24)15-8(6(2)19)11(22)23/h5-8,18-19H,3-4,13H2,1-2H3,(H,16,20)(H,17,21)(H,22,23)(H2,14,15,24). The van der Waals surface area contributed by atoms with Crippen molar-refractivity contribution in [2.45, 2.75) is 44.5 Å². The zero-order chi connectivity index (χ0) is 18.9. The molecule has 4 atom stereocenters. The van der Waals surface area contributed by atoms with E-state index in [0.717, 1.165) is 0 Å². The summed E-state index contributed by atoms with van der Waals surface area (Å²) in [5, 5.41) is 30.8. The van der Waals surface area contributed by atoms with E-state index in [1.807, 2.05) is 16.2 Å². The average Bonchev–Trinajstić information content (AvgIpc) is 2.49. The van der Waals surface area contributed by atoms with E-state index in [-0.39, 0.29) is 13.0 Å². The zero-order valence-corrected chi connectivity index (χ0v) is 13.3. The Morgan fingerprint density at radius 1 is 1.04 bits per heavy atom. The lowest BCUT2D eigenvalue weighted by atomic mass is 10.2. The molecule has 24 heavy (non-hydrogen) atoms. The van der Waals surface area contributed by atoms with Crippen LogP contribution in [0, 0.1) is 0 Å². The zero-order valence-electron chi connectivity index (χ0n) is 13.3. The van der Waals surface area contributed by atoms with Crippen LogP contribution < -0.4 is 27.2 Å². The Hall–Kier alpha value is -2.44. The molecule has 0 fully saturated rings. The number of nitrogens with one attached hydrogen (secondary N) is 4. The van der Waals surface area contributed by atoms with Crippen molar-refractivity contribution in [3.8, 4) is 0 Å². The van der Waals surface area contributed by atoms with Gasteiger partial charge in [0.25, 0.3) is 11.8 Å². The summed E-state index contributed by atoms with van der Waals surface area (Å²) >= 11 is 0. The third-order valence-electron chi connectivity index (χ3n) is 2.86. The maximum absolute atomic E-state index is 11.7. The van der Waals surface area contributed by atoms with E-state index in [4.69, 9.17) is 15.9 Å². The Bertz CT molecular complexity index is 471. The van der Waals surface area contributed by atoms with Crippen molar-refractivity contribution in [2.24, 2.45) is 5.73 Å². The van der Waals surface area contributed by atoms with E-state index in [2.05, 4.69) is 5.32 Å². The van der Waals surface area contributed by atoms with Gasteiger partial charge in [-0.1, -0.05) is 0 Å². The number of carboxylic acid groups (broad SMARTS) is 1. The fourth-order valence-corrected chi connectivity index (χ4v) is 1.43. The number of aliphatic carboxylic acids is 1. The van der Waals surface area contributed by atoms with E-state index in [1.165, 1.54) is 13.8 Å². The van der Waals surface area contributed by atoms with Crippen molar-refractivity contribution in [1.29, 1.82) is 0 Å². The molecule has 4 unspecified atom stereocenters. The highest BCUT2D eigenvalue weighted by molar-refractivity contribution is 5.90. The summed E-state index contributed by atoms with van der Waals surface area (Å²) in [6, 6.07) is -4.67. The molecular formula is C12H23N5O7. The van der Waals surface area contributed by atoms with Crippen molar-refractivity contribution in [3.63, 3.8) is 0 Å². The van der Waals surface area contributed by atoms with Gasteiger partial charge in [0, 0.05) is 6.61 Å². The molecule has 0 bridgehead atoms. The molecule has 0 aromatic rings. The van der Waals surface area contributed by atoms with Gasteiger partial charge in [0.05, 0.1) is 12.1 Å². The van der Waals surface area contributed by atoms with Crippen molar-refractivity contribution < 1.29 is 34.5 Å². The molecule has 0 aliphatic rings. The van der Waals surface area contributed by atoms with E-state index in [0.29, 0.717) is 0 Å². The lowest BCUT2D eigenvalue weighted by Gasteiger charge is -2.20. The minimum absolute atomic E-state index is 0.00777. The molecular weight excluding hydrogens is 326 g/mol. The van der Waals surface area contributed by atoms with Crippen molar-refractivity contribution in [1.82, 2.24) is 21.5 Å². The minimum Gasteiger partial charge on any atom is -0.480 e. The van der Waals surface area contributed by atoms with Crippen LogP contribution >= 0.6 is 0 Å². The Kier molecular flexibility index (Phi) is 9.30. The number of carbonyl (C=O) groups is 4. The van der Waals surface area contributed by atoms with Crippen LogP contribution in [0.2, 0.25) is 0 Å². The second-order valence-electron chi connectivity index (χ2n) is 4.99. The van der Waals surface area contributed by atoms with Crippen molar-refractivity contribution in [3.05, 3.63) is 0 Å². The molecule has 0 saturated heterocycles. The number of rotatable bonds is 8. The van der Waals surface area contributed by atoms with Gasteiger partial charge < -0.3 is 31.7 Å². The molecule has 138 valence electrons. The molecule has 0 saturated carbocycles. The number of hydrazine groups is 1. The molecule has 0 aromatic heterocycles. The van der Waals surface area contributed by atoms with Gasteiger partial charge in [-0.15, -0.1) is 0 Å². The minimum atomic E-state index is -1.54. The summed E-state index contributed by atoms with van der Waals surface area (Å²) in [7, 11) is 0. The smallest absolute Gasteiger partial charge is 0.328 e. The predicted molar refractivity (Wildman–Crippen MR) is 80.2 cm³/mol. The van der Waals surface area contributed by atoms with Crippen LogP contribution in [-0.2, 0) is 14.4 Å². The second kappa shape index (κ2) is 10.4.